The highest BCUT2D eigenvalue weighted by molar-refractivity contribution is 7.99. The maximum atomic E-state index is 12.3. The van der Waals surface area contributed by atoms with E-state index in [4.69, 9.17) is 5.73 Å². The molecule has 0 unspecified atom stereocenters. The molecule has 8 heteroatoms. The molecule has 0 spiro atoms. The van der Waals surface area contributed by atoms with Gasteiger partial charge in [0.2, 0.25) is 5.91 Å². The summed E-state index contributed by atoms with van der Waals surface area (Å²) in [6.45, 7) is 4.71. The number of carbonyl (C=O) groups excluding carboxylic acids is 1. The van der Waals surface area contributed by atoms with Crippen molar-refractivity contribution >= 4 is 56.4 Å². The van der Waals surface area contributed by atoms with Crippen LogP contribution in [0, 0.1) is 13.8 Å². The fourth-order valence-corrected chi connectivity index (χ4v) is 4.93. The highest BCUT2D eigenvalue weighted by atomic mass is 32.2. The molecule has 0 saturated carbocycles. The number of nitrogens with two attached hydrogens (primary N) is 1. The van der Waals surface area contributed by atoms with Gasteiger partial charge in [0.1, 0.15) is 10.6 Å². The number of thioether (sulfide) groups is 1. The van der Waals surface area contributed by atoms with Crippen LogP contribution in [0.5, 0.6) is 0 Å². The number of nitrogen functional groups attached to an aromatic ring is 1. The Bertz CT molecular complexity index is 873. The van der Waals surface area contributed by atoms with Crippen molar-refractivity contribution in [3.63, 3.8) is 0 Å². The Morgan fingerprint density at radius 2 is 2.17 bits per heavy atom. The van der Waals surface area contributed by atoms with Crippen molar-refractivity contribution in [1.82, 2.24) is 14.9 Å². The molecule has 3 heterocycles. The number of hydrogen-bond donors (Lipinski definition) is 1. The van der Waals surface area contributed by atoms with Crippen LogP contribution in [-0.4, -0.2) is 33.6 Å². The molecule has 0 fully saturated rings. The van der Waals surface area contributed by atoms with Crippen LogP contribution in [0.2, 0.25) is 0 Å². The van der Waals surface area contributed by atoms with Gasteiger partial charge in [-0.2, -0.15) is 0 Å². The van der Waals surface area contributed by atoms with Crippen LogP contribution in [0.1, 0.15) is 15.3 Å². The van der Waals surface area contributed by atoms with Gasteiger partial charge < -0.3 is 10.6 Å². The lowest BCUT2D eigenvalue weighted by atomic mass is 10.2. The number of anilines is 1. The van der Waals surface area contributed by atoms with Gasteiger partial charge >= 0.3 is 0 Å². The van der Waals surface area contributed by atoms with Crippen molar-refractivity contribution in [2.75, 3.05) is 18.5 Å². The SMILES string of the molecule is Cc1sc2nc(SCC(=O)N(C)Cc3cccs3)nc(N)c2c1C. The van der Waals surface area contributed by atoms with E-state index in [9.17, 15) is 4.79 Å². The van der Waals surface area contributed by atoms with Crippen molar-refractivity contribution in [1.29, 1.82) is 0 Å². The fourth-order valence-electron chi connectivity index (χ4n) is 2.29. The Hall–Kier alpha value is -1.64. The van der Waals surface area contributed by atoms with Crippen LogP contribution in [0.3, 0.4) is 0 Å². The van der Waals surface area contributed by atoms with Crippen LogP contribution < -0.4 is 5.73 Å². The van der Waals surface area contributed by atoms with Crippen LogP contribution in [-0.2, 0) is 11.3 Å². The van der Waals surface area contributed by atoms with Gasteiger partial charge in [0.15, 0.2) is 5.16 Å². The van der Waals surface area contributed by atoms with Crippen molar-refractivity contribution in [3.8, 4) is 0 Å². The van der Waals surface area contributed by atoms with Crippen molar-refractivity contribution in [2.24, 2.45) is 0 Å². The number of hydrogen-bond acceptors (Lipinski definition) is 7. The van der Waals surface area contributed by atoms with Crippen LogP contribution in [0.25, 0.3) is 10.2 Å². The zero-order valence-corrected chi connectivity index (χ0v) is 16.1. The molecule has 3 aromatic rings. The lowest BCUT2D eigenvalue weighted by Crippen LogP contribution is -2.27. The standard InChI is InChI=1S/C16H18N4OS3/c1-9-10(2)24-15-13(9)14(17)18-16(19-15)23-8-12(21)20(3)7-11-5-4-6-22-11/h4-6H,7-8H2,1-3H3,(H2,17,18,19). The number of amides is 1. The van der Waals surface area contributed by atoms with E-state index in [1.54, 1.807) is 27.6 Å². The number of rotatable bonds is 5. The molecule has 0 saturated heterocycles. The third kappa shape index (κ3) is 3.55. The predicted octanol–water partition coefficient (Wildman–Crippen LogP) is 3.70. The lowest BCUT2D eigenvalue weighted by Gasteiger charge is -2.15. The molecule has 3 rings (SSSR count). The number of aromatic nitrogens is 2. The Balaban J connectivity index is 1.68. The van der Waals surface area contributed by atoms with E-state index in [1.807, 2.05) is 31.5 Å². The second kappa shape index (κ2) is 7.08. The van der Waals surface area contributed by atoms with E-state index in [0.29, 0.717) is 23.3 Å². The minimum absolute atomic E-state index is 0.0502. The summed E-state index contributed by atoms with van der Waals surface area (Å²) in [5.74, 6) is 0.842. The number of thiophene rings is 2. The second-order valence-electron chi connectivity index (χ2n) is 5.47. The largest absolute Gasteiger partial charge is 0.383 e. The summed E-state index contributed by atoms with van der Waals surface area (Å²) in [6.07, 6.45) is 0. The van der Waals surface area contributed by atoms with Crippen molar-refractivity contribution in [2.45, 2.75) is 25.5 Å². The molecule has 0 aliphatic rings. The number of carbonyl (C=O) groups is 1. The van der Waals surface area contributed by atoms with Gasteiger partial charge in [0.25, 0.3) is 0 Å². The molecular weight excluding hydrogens is 360 g/mol. The van der Waals surface area contributed by atoms with Gasteiger partial charge in [-0.1, -0.05) is 17.8 Å². The Morgan fingerprint density at radius 1 is 1.38 bits per heavy atom. The second-order valence-corrected chi connectivity index (χ2v) is 8.65. The van der Waals surface area contributed by atoms with Crippen molar-refractivity contribution in [3.05, 3.63) is 32.8 Å². The zero-order valence-electron chi connectivity index (χ0n) is 13.7. The maximum absolute atomic E-state index is 12.3. The van der Waals surface area contributed by atoms with Crippen molar-refractivity contribution < 1.29 is 4.79 Å². The third-order valence-corrected chi connectivity index (χ3v) is 6.55. The average Bonchev–Trinajstić information content (AvgIpc) is 3.13. The molecule has 0 aromatic carbocycles. The normalized spacial score (nSPS) is 11.1. The first-order valence-corrected chi connectivity index (χ1v) is 10.1. The van der Waals surface area contributed by atoms with Crippen LogP contribution >= 0.6 is 34.4 Å². The molecule has 0 bridgehead atoms. The first kappa shape index (κ1) is 17.2. The van der Waals surface area contributed by atoms with E-state index >= 15 is 0 Å². The first-order valence-electron chi connectivity index (χ1n) is 7.38. The van der Waals surface area contributed by atoms with Crippen LogP contribution in [0.4, 0.5) is 5.82 Å². The summed E-state index contributed by atoms with van der Waals surface area (Å²) in [5.41, 5.74) is 7.21. The van der Waals surface area contributed by atoms with Crippen LogP contribution in [0.15, 0.2) is 22.7 Å². The molecule has 1 amide bonds. The quantitative estimate of drug-likeness (QED) is 0.541. The molecule has 126 valence electrons. The summed E-state index contributed by atoms with van der Waals surface area (Å²) in [6, 6.07) is 4.02. The highest BCUT2D eigenvalue weighted by Crippen LogP contribution is 2.33. The van der Waals surface area contributed by atoms with E-state index in [2.05, 4.69) is 16.9 Å². The molecule has 5 nitrogen and oxygen atoms in total. The summed E-state index contributed by atoms with van der Waals surface area (Å²) in [7, 11) is 1.81. The van der Waals surface area contributed by atoms with Gasteiger partial charge in [-0.3, -0.25) is 4.79 Å². The Kier molecular flexibility index (Phi) is 5.07. The smallest absolute Gasteiger partial charge is 0.233 e. The minimum atomic E-state index is 0.0502. The van der Waals surface area contributed by atoms with E-state index < -0.39 is 0 Å². The summed E-state index contributed by atoms with van der Waals surface area (Å²) in [4.78, 5) is 26.1. The fraction of sp³-hybridized carbons (Fsp3) is 0.312. The van der Waals surface area contributed by atoms with Gasteiger partial charge in [-0.05, 0) is 30.9 Å². The number of fused-ring (bicyclic) bond motifs is 1. The van der Waals surface area contributed by atoms with Gasteiger partial charge in [-0.25, -0.2) is 9.97 Å². The highest BCUT2D eigenvalue weighted by Gasteiger charge is 2.15. The number of aryl methyl sites for hydroxylation is 2. The third-order valence-electron chi connectivity index (χ3n) is 3.76. The monoisotopic (exact) mass is 378 g/mol. The average molecular weight is 379 g/mol. The van der Waals surface area contributed by atoms with Gasteiger partial charge in [0.05, 0.1) is 17.7 Å². The van der Waals surface area contributed by atoms with E-state index in [-0.39, 0.29) is 5.91 Å². The minimum Gasteiger partial charge on any atom is -0.383 e. The molecule has 24 heavy (non-hydrogen) atoms. The van der Waals surface area contributed by atoms with E-state index in [0.717, 1.165) is 15.8 Å². The van der Waals surface area contributed by atoms with Gasteiger partial charge in [0, 0.05) is 16.8 Å². The lowest BCUT2D eigenvalue weighted by molar-refractivity contribution is -0.127. The molecule has 2 N–H and O–H groups in total. The first-order chi connectivity index (χ1) is 11.5. The Morgan fingerprint density at radius 3 is 2.88 bits per heavy atom. The molecule has 0 radical (unpaired) electrons. The van der Waals surface area contributed by atoms with Gasteiger partial charge in [-0.15, -0.1) is 22.7 Å². The zero-order chi connectivity index (χ0) is 17.3. The molecule has 0 aliphatic carbocycles. The molecule has 3 aromatic heterocycles. The topological polar surface area (TPSA) is 72.1 Å². The predicted molar refractivity (Wildman–Crippen MR) is 103 cm³/mol. The summed E-state index contributed by atoms with van der Waals surface area (Å²) in [5, 5.41) is 3.50. The molecular formula is C16H18N4OS3. The number of nitrogens with zero attached hydrogens (tertiary/aromatic N) is 3. The summed E-state index contributed by atoms with van der Waals surface area (Å²) < 4.78 is 0. The molecule has 0 atom stereocenters. The maximum Gasteiger partial charge on any atom is 0.233 e. The summed E-state index contributed by atoms with van der Waals surface area (Å²) >= 11 is 4.59. The Labute approximate surface area is 152 Å². The molecule has 0 aliphatic heterocycles. The van der Waals surface area contributed by atoms with E-state index in [1.165, 1.54) is 21.5 Å².